The molecular formula is C23H23ClF3N3O3. The van der Waals surface area contributed by atoms with Crippen LogP contribution in [0.2, 0.25) is 5.02 Å². The van der Waals surface area contributed by atoms with Crippen LogP contribution in [0.4, 0.5) is 23.7 Å². The van der Waals surface area contributed by atoms with Gasteiger partial charge in [-0.15, -0.1) is 0 Å². The lowest BCUT2D eigenvalue weighted by atomic mass is 10.1. The second-order valence-corrected chi connectivity index (χ2v) is 8.13. The number of halogens is 4. The molecule has 6 nitrogen and oxygen atoms in total. The number of likely N-dealkylation sites (tertiary alicyclic amines) is 1. The number of anilines is 1. The van der Waals surface area contributed by atoms with Gasteiger partial charge in [-0.25, -0.2) is 4.79 Å². The first-order valence-corrected chi connectivity index (χ1v) is 10.8. The van der Waals surface area contributed by atoms with Gasteiger partial charge in [-0.1, -0.05) is 41.9 Å². The number of benzene rings is 2. The molecule has 176 valence electrons. The van der Waals surface area contributed by atoms with Crippen LogP contribution >= 0.6 is 11.6 Å². The van der Waals surface area contributed by atoms with Crippen molar-refractivity contribution in [3.8, 4) is 0 Å². The van der Waals surface area contributed by atoms with Crippen molar-refractivity contribution in [2.45, 2.75) is 32.0 Å². The van der Waals surface area contributed by atoms with Crippen LogP contribution in [0.15, 0.2) is 48.5 Å². The van der Waals surface area contributed by atoms with Crippen LogP contribution < -0.4 is 10.2 Å². The second kappa shape index (κ2) is 10.7. The molecule has 0 aromatic heterocycles. The Morgan fingerprint density at radius 3 is 2.27 bits per heavy atom. The van der Waals surface area contributed by atoms with E-state index < -0.39 is 24.4 Å². The SMILES string of the molecule is O=C(CNC(=O)C(F)(F)F)c1ccc(CN(C(=O)N2CCCCC2)c2cccc(Cl)c2)cc1. The van der Waals surface area contributed by atoms with Crippen molar-refractivity contribution in [1.82, 2.24) is 10.2 Å². The van der Waals surface area contributed by atoms with Crippen LogP contribution in [-0.4, -0.2) is 48.4 Å². The van der Waals surface area contributed by atoms with E-state index >= 15 is 0 Å². The van der Waals surface area contributed by atoms with Crippen molar-refractivity contribution in [3.63, 3.8) is 0 Å². The van der Waals surface area contributed by atoms with Crippen LogP contribution in [0.25, 0.3) is 0 Å². The van der Waals surface area contributed by atoms with Crippen molar-refractivity contribution in [2.24, 2.45) is 0 Å². The number of alkyl halides is 3. The minimum Gasteiger partial charge on any atom is -0.341 e. The molecule has 10 heteroatoms. The number of rotatable bonds is 6. The highest BCUT2D eigenvalue weighted by Gasteiger charge is 2.38. The molecule has 0 bridgehead atoms. The summed E-state index contributed by atoms with van der Waals surface area (Å²) in [6, 6.07) is 13.0. The zero-order valence-corrected chi connectivity index (χ0v) is 18.5. The fourth-order valence-electron chi connectivity index (χ4n) is 3.51. The van der Waals surface area contributed by atoms with Crippen molar-refractivity contribution in [2.75, 3.05) is 24.5 Å². The molecule has 1 N–H and O–H groups in total. The molecule has 3 rings (SSSR count). The predicted octanol–water partition coefficient (Wildman–Crippen LogP) is 4.81. The van der Waals surface area contributed by atoms with E-state index in [9.17, 15) is 27.6 Å². The number of carbonyl (C=O) groups excluding carboxylic acids is 3. The van der Waals surface area contributed by atoms with Gasteiger partial charge in [0, 0.05) is 29.4 Å². The van der Waals surface area contributed by atoms with Crippen molar-refractivity contribution < 1.29 is 27.6 Å². The van der Waals surface area contributed by atoms with Gasteiger partial charge in [-0.3, -0.25) is 14.5 Å². The molecule has 0 aliphatic carbocycles. The summed E-state index contributed by atoms with van der Waals surface area (Å²) < 4.78 is 36.8. The number of amides is 3. The van der Waals surface area contributed by atoms with Gasteiger partial charge in [0.15, 0.2) is 5.78 Å². The third kappa shape index (κ3) is 6.71. The van der Waals surface area contributed by atoms with Crippen LogP contribution in [0.3, 0.4) is 0 Å². The number of urea groups is 1. The minimum atomic E-state index is -5.05. The quantitative estimate of drug-likeness (QED) is 0.602. The number of nitrogens with one attached hydrogen (secondary N) is 1. The third-order valence-corrected chi connectivity index (χ3v) is 5.50. The Bertz CT molecular complexity index is 1010. The molecule has 1 aliphatic rings. The Morgan fingerprint density at radius 2 is 1.67 bits per heavy atom. The number of piperidine rings is 1. The van der Waals surface area contributed by atoms with Crippen molar-refractivity contribution >= 4 is 35.0 Å². The zero-order valence-electron chi connectivity index (χ0n) is 17.7. The van der Waals surface area contributed by atoms with Gasteiger partial charge in [-0.05, 0) is 43.0 Å². The first-order valence-electron chi connectivity index (χ1n) is 10.4. The van der Waals surface area contributed by atoms with Gasteiger partial charge in [-0.2, -0.15) is 13.2 Å². The normalized spacial score (nSPS) is 14.0. The predicted molar refractivity (Wildman–Crippen MR) is 118 cm³/mol. The van der Waals surface area contributed by atoms with Crippen LogP contribution in [0, 0.1) is 0 Å². The molecule has 33 heavy (non-hydrogen) atoms. The van der Waals surface area contributed by atoms with Gasteiger partial charge >= 0.3 is 18.1 Å². The van der Waals surface area contributed by atoms with Crippen LogP contribution in [-0.2, 0) is 11.3 Å². The van der Waals surface area contributed by atoms with Gasteiger partial charge in [0.25, 0.3) is 0 Å². The largest absolute Gasteiger partial charge is 0.471 e. The van der Waals surface area contributed by atoms with Crippen molar-refractivity contribution in [3.05, 3.63) is 64.7 Å². The minimum absolute atomic E-state index is 0.146. The maximum atomic E-state index is 13.2. The molecule has 0 radical (unpaired) electrons. The van der Waals surface area contributed by atoms with Gasteiger partial charge in [0.1, 0.15) is 0 Å². The number of carbonyl (C=O) groups is 3. The molecule has 2 aromatic carbocycles. The fraction of sp³-hybridized carbons (Fsp3) is 0.348. The first-order chi connectivity index (χ1) is 15.6. The molecule has 3 amide bonds. The summed E-state index contributed by atoms with van der Waals surface area (Å²) in [5, 5.41) is 2.05. The number of Topliss-reactive ketones (excluding diaryl/α,β-unsaturated/α-hetero) is 1. The van der Waals surface area contributed by atoms with E-state index in [0.717, 1.165) is 24.8 Å². The van der Waals surface area contributed by atoms with Gasteiger partial charge in [0.05, 0.1) is 13.1 Å². The third-order valence-electron chi connectivity index (χ3n) is 5.26. The van der Waals surface area contributed by atoms with Gasteiger partial charge in [0.2, 0.25) is 0 Å². The molecule has 0 atom stereocenters. The summed E-state index contributed by atoms with van der Waals surface area (Å²) in [7, 11) is 0. The molecule has 1 heterocycles. The monoisotopic (exact) mass is 481 g/mol. The molecule has 1 fully saturated rings. The van der Waals surface area contributed by atoms with E-state index in [2.05, 4.69) is 0 Å². The Morgan fingerprint density at radius 1 is 1.00 bits per heavy atom. The first kappa shape index (κ1) is 24.6. The maximum absolute atomic E-state index is 13.2. The van der Waals surface area contributed by atoms with E-state index in [1.54, 1.807) is 51.5 Å². The summed E-state index contributed by atoms with van der Waals surface area (Å²) in [6.45, 7) is 0.800. The summed E-state index contributed by atoms with van der Waals surface area (Å²) in [4.78, 5) is 39.7. The highest BCUT2D eigenvalue weighted by Crippen LogP contribution is 2.24. The Labute approximate surface area is 194 Å². The number of nitrogens with zero attached hydrogens (tertiary/aromatic N) is 2. The molecule has 1 aliphatic heterocycles. The highest BCUT2D eigenvalue weighted by atomic mass is 35.5. The summed E-state index contributed by atoms with van der Waals surface area (Å²) in [5.74, 6) is -2.82. The van der Waals surface area contributed by atoms with E-state index in [1.807, 2.05) is 0 Å². The molecule has 1 saturated heterocycles. The Hall–Kier alpha value is -3.07. The van der Waals surface area contributed by atoms with Crippen LogP contribution in [0.1, 0.15) is 35.2 Å². The lowest BCUT2D eigenvalue weighted by molar-refractivity contribution is -0.173. The lowest BCUT2D eigenvalue weighted by Gasteiger charge is -2.33. The second-order valence-electron chi connectivity index (χ2n) is 7.70. The number of hydrogen-bond donors (Lipinski definition) is 1. The number of hydrogen-bond acceptors (Lipinski definition) is 3. The maximum Gasteiger partial charge on any atom is 0.471 e. The molecule has 0 unspecified atom stereocenters. The fourth-order valence-corrected chi connectivity index (χ4v) is 3.70. The summed E-state index contributed by atoms with van der Waals surface area (Å²) in [6.07, 6.45) is -2.08. The Balaban J connectivity index is 1.72. The molecule has 0 saturated carbocycles. The summed E-state index contributed by atoms with van der Waals surface area (Å²) >= 11 is 6.13. The van der Waals surface area contributed by atoms with E-state index in [0.29, 0.717) is 23.8 Å². The topological polar surface area (TPSA) is 69.7 Å². The molecular weight excluding hydrogens is 459 g/mol. The Kier molecular flexibility index (Phi) is 7.97. The average Bonchev–Trinajstić information content (AvgIpc) is 2.80. The van der Waals surface area contributed by atoms with Crippen LogP contribution in [0.5, 0.6) is 0 Å². The van der Waals surface area contributed by atoms with E-state index in [-0.39, 0.29) is 18.1 Å². The van der Waals surface area contributed by atoms with Crippen molar-refractivity contribution in [1.29, 1.82) is 0 Å². The average molecular weight is 482 g/mol. The lowest BCUT2D eigenvalue weighted by Crippen LogP contribution is -2.45. The summed E-state index contributed by atoms with van der Waals surface area (Å²) in [5.41, 5.74) is 1.50. The standard InChI is InChI=1S/C23H23ClF3N3O3/c24-18-5-4-6-19(13-18)30(22(33)29-11-2-1-3-12-29)15-16-7-9-17(10-8-16)20(31)14-28-21(32)23(25,26)27/h4-10,13H,1-3,11-12,14-15H2,(H,28,32). The number of ketones is 1. The van der Waals surface area contributed by atoms with E-state index in [1.165, 1.54) is 12.1 Å². The van der Waals surface area contributed by atoms with Gasteiger partial charge < -0.3 is 10.2 Å². The van der Waals surface area contributed by atoms with E-state index in [4.69, 9.17) is 11.6 Å². The highest BCUT2D eigenvalue weighted by molar-refractivity contribution is 6.30. The zero-order chi connectivity index (χ0) is 24.0. The molecule has 0 spiro atoms. The smallest absolute Gasteiger partial charge is 0.341 e. The molecule has 2 aromatic rings.